The highest BCUT2D eigenvalue weighted by Gasteiger charge is 2.07. The van der Waals surface area contributed by atoms with E-state index in [1.54, 1.807) is 11.8 Å². The quantitative estimate of drug-likeness (QED) is 0.697. The molecular formula is C11H18N4O3S. The van der Waals surface area contributed by atoms with E-state index in [4.69, 9.17) is 5.11 Å². The number of carbonyl (C=O) groups is 2. The third kappa shape index (κ3) is 6.14. The van der Waals surface area contributed by atoms with Gasteiger partial charge in [-0.3, -0.25) is 9.48 Å². The molecule has 1 heterocycles. The van der Waals surface area contributed by atoms with E-state index in [1.165, 1.54) is 17.1 Å². The molecule has 0 aliphatic rings. The van der Waals surface area contributed by atoms with Crippen LogP contribution in [0, 0.1) is 5.92 Å². The van der Waals surface area contributed by atoms with Gasteiger partial charge in [-0.15, -0.1) is 0 Å². The number of carbonyl (C=O) groups excluding carboxylic acids is 1. The lowest BCUT2D eigenvalue weighted by molar-refractivity contribution is -0.137. The topological polar surface area (TPSA) is 96.3 Å². The van der Waals surface area contributed by atoms with Gasteiger partial charge in [0.25, 0.3) is 0 Å². The van der Waals surface area contributed by atoms with Gasteiger partial charge in [0, 0.05) is 12.7 Å². The van der Waals surface area contributed by atoms with Crippen LogP contribution in [0.4, 0.5) is 10.5 Å². The number of nitrogens with one attached hydrogen (secondary N) is 2. The number of aromatic nitrogens is 2. The van der Waals surface area contributed by atoms with E-state index in [-0.39, 0.29) is 12.6 Å². The molecule has 1 rings (SSSR count). The summed E-state index contributed by atoms with van der Waals surface area (Å²) in [5, 5.41) is 17.8. The molecular weight excluding hydrogens is 268 g/mol. The maximum atomic E-state index is 11.6. The van der Waals surface area contributed by atoms with Crippen LogP contribution >= 0.6 is 11.8 Å². The molecule has 8 heteroatoms. The largest absolute Gasteiger partial charge is 0.480 e. The SMILES string of the molecule is CSCC(C)CNC(=O)Nc1cnn(CC(=O)O)c1. The number of aliphatic carboxylic acids is 1. The van der Waals surface area contributed by atoms with Crippen molar-refractivity contribution >= 4 is 29.4 Å². The third-order valence-electron chi connectivity index (χ3n) is 2.25. The lowest BCUT2D eigenvalue weighted by atomic mass is 10.2. The number of carboxylic acids is 1. The Kier molecular flexibility index (Phi) is 6.20. The van der Waals surface area contributed by atoms with Gasteiger partial charge in [-0.25, -0.2) is 4.79 Å². The Hall–Kier alpha value is -1.70. The highest BCUT2D eigenvalue weighted by Crippen LogP contribution is 2.05. The molecule has 1 aromatic heterocycles. The van der Waals surface area contributed by atoms with Gasteiger partial charge < -0.3 is 15.7 Å². The maximum Gasteiger partial charge on any atom is 0.325 e. The average Bonchev–Trinajstić information content (AvgIpc) is 2.73. The summed E-state index contributed by atoms with van der Waals surface area (Å²) in [7, 11) is 0. The minimum atomic E-state index is -0.981. The van der Waals surface area contributed by atoms with Gasteiger partial charge in [-0.1, -0.05) is 6.92 Å². The van der Waals surface area contributed by atoms with Crippen molar-refractivity contribution in [2.75, 3.05) is 23.9 Å². The molecule has 0 fully saturated rings. The van der Waals surface area contributed by atoms with E-state index in [9.17, 15) is 9.59 Å². The van der Waals surface area contributed by atoms with Gasteiger partial charge >= 0.3 is 12.0 Å². The highest BCUT2D eigenvalue weighted by atomic mass is 32.2. The van der Waals surface area contributed by atoms with Crippen molar-refractivity contribution in [3.63, 3.8) is 0 Å². The molecule has 0 saturated carbocycles. The first kappa shape index (κ1) is 15.4. The van der Waals surface area contributed by atoms with Crippen LogP contribution in [-0.2, 0) is 11.3 Å². The number of thioether (sulfide) groups is 1. The molecule has 0 aliphatic heterocycles. The number of carboxylic acid groups (broad SMARTS) is 1. The molecule has 0 saturated heterocycles. The summed E-state index contributed by atoms with van der Waals surface area (Å²) in [6, 6.07) is -0.317. The van der Waals surface area contributed by atoms with Crippen molar-refractivity contribution < 1.29 is 14.7 Å². The molecule has 7 nitrogen and oxygen atoms in total. The highest BCUT2D eigenvalue weighted by molar-refractivity contribution is 7.98. The Morgan fingerprint density at radius 2 is 2.32 bits per heavy atom. The van der Waals surface area contributed by atoms with Crippen molar-refractivity contribution in [1.82, 2.24) is 15.1 Å². The number of anilines is 1. The second-order valence-electron chi connectivity index (χ2n) is 4.22. The van der Waals surface area contributed by atoms with Crippen LogP contribution in [0.15, 0.2) is 12.4 Å². The fourth-order valence-electron chi connectivity index (χ4n) is 1.44. The minimum Gasteiger partial charge on any atom is -0.480 e. The lowest BCUT2D eigenvalue weighted by Crippen LogP contribution is -2.32. The van der Waals surface area contributed by atoms with Gasteiger partial charge in [0.2, 0.25) is 0 Å². The van der Waals surface area contributed by atoms with Crippen molar-refractivity contribution in [3.8, 4) is 0 Å². The van der Waals surface area contributed by atoms with Crippen LogP contribution in [-0.4, -0.2) is 45.4 Å². The van der Waals surface area contributed by atoms with Crippen LogP contribution in [0.3, 0.4) is 0 Å². The minimum absolute atomic E-state index is 0.228. The Morgan fingerprint density at radius 3 is 2.95 bits per heavy atom. The number of nitrogens with zero attached hydrogens (tertiary/aromatic N) is 2. The van der Waals surface area contributed by atoms with Gasteiger partial charge in [0.05, 0.1) is 11.9 Å². The molecule has 0 aromatic carbocycles. The zero-order valence-electron chi connectivity index (χ0n) is 10.9. The van der Waals surface area contributed by atoms with E-state index < -0.39 is 5.97 Å². The van der Waals surface area contributed by atoms with E-state index >= 15 is 0 Å². The molecule has 2 amide bonds. The number of hydrogen-bond donors (Lipinski definition) is 3. The molecule has 1 atom stereocenters. The number of hydrogen-bond acceptors (Lipinski definition) is 4. The summed E-state index contributed by atoms with van der Waals surface area (Å²) in [5.74, 6) is 0.400. The molecule has 0 aliphatic carbocycles. The summed E-state index contributed by atoms with van der Waals surface area (Å²) >= 11 is 1.73. The zero-order valence-corrected chi connectivity index (χ0v) is 11.7. The fourth-order valence-corrected chi connectivity index (χ4v) is 2.13. The second-order valence-corrected chi connectivity index (χ2v) is 5.13. The Balaban J connectivity index is 2.35. The Bertz CT molecular complexity index is 435. The predicted octanol–water partition coefficient (Wildman–Crippen LogP) is 1.09. The first-order valence-corrected chi connectivity index (χ1v) is 7.18. The fraction of sp³-hybridized carbons (Fsp3) is 0.545. The molecule has 0 spiro atoms. The smallest absolute Gasteiger partial charge is 0.325 e. The molecule has 106 valence electrons. The summed E-state index contributed by atoms with van der Waals surface area (Å²) < 4.78 is 1.24. The zero-order chi connectivity index (χ0) is 14.3. The van der Waals surface area contributed by atoms with Crippen LogP contribution in [0.2, 0.25) is 0 Å². The lowest BCUT2D eigenvalue weighted by Gasteiger charge is -2.11. The number of rotatable bonds is 7. The summed E-state index contributed by atoms with van der Waals surface area (Å²) in [6.45, 7) is 2.42. The summed E-state index contributed by atoms with van der Waals surface area (Å²) in [5.41, 5.74) is 0.469. The van der Waals surface area contributed by atoms with E-state index in [0.29, 0.717) is 18.2 Å². The Morgan fingerprint density at radius 1 is 1.58 bits per heavy atom. The Labute approximate surface area is 115 Å². The average molecular weight is 286 g/mol. The van der Waals surface area contributed by atoms with Crippen molar-refractivity contribution in [2.45, 2.75) is 13.5 Å². The standard InChI is InChI=1S/C11H18N4O3S/c1-8(7-19-2)3-12-11(18)14-9-4-13-15(5-9)6-10(16)17/h4-5,8H,3,6-7H2,1-2H3,(H,16,17)(H2,12,14,18). The van der Waals surface area contributed by atoms with Crippen LogP contribution in [0.5, 0.6) is 0 Å². The van der Waals surface area contributed by atoms with Crippen molar-refractivity contribution in [1.29, 1.82) is 0 Å². The van der Waals surface area contributed by atoms with Crippen LogP contribution < -0.4 is 10.6 Å². The molecule has 0 bridgehead atoms. The van der Waals surface area contributed by atoms with Gasteiger partial charge in [0.1, 0.15) is 6.54 Å². The van der Waals surface area contributed by atoms with E-state index in [2.05, 4.69) is 22.7 Å². The normalized spacial score (nSPS) is 11.9. The van der Waals surface area contributed by atoms with Gasteiger partial charge in [0.15, 0.2) is 0 Å². The molecule has 1 aromatic rings. The van der Waals surface area contributed by atoms with Crippen LogP contribution in [0.1, 0.15) is 6.92 Å². The monoisotopic (exact) mass is 286 g/mol. The van der Waals surface area contributed by atoms with E-state index in [0.717, 1.165) is 5.75 Å². The molecule has 0 radical (unpaired) electrons. The molecule has 3 N–H and O–H groups in total. The van der Waals surface area contributed by atoms with Crippen molar-refractivity contribution in [3.05, 3.63) is 12.4 Å². The molecule has 1 unspecified atom stereocenters. The van der Waals surface area contributed by atoms with Crippen LogP contribution in [0.25, 0.3) is 0 Å². The van der Waals surface area contributed by atoms with E-state index in [1.807, 2.05) is 6.26 Å². The summed E-state index contributed by atoms with van der Waals surface area (Å²) in [4.78, 5) is 22.0. The first-order valence-electron chi connectivity index (χ1n) is 5.79. The third-order valence-corrected chi connectivity index (χ3v) is 3.15. The summed E-state index contributed by atoms with van der Waals surface area (Å²) in [6.07, 6.45) is 4.90. The second kappa shape index (κ2) is 7.67. The molecule has 19 heavy (non-hydrogen) atoms. The maximum absolute atomic E-state index is 11.6. The number of urea groups is 1. The predicted molar refractivity (Wildman–Crippen MR) is 74.4 cm³/mol. The first-order chi connectivity index (χ1) is 9.01. The van der Waals surface area contributed by atoms with Crippen molar-refractivity contribution in [2.24, 2.45) is 5.92 Å². The number of amides is 2. The van der Waals surface area contributed by atoms with Gasteiger partial charge in [-0.05, 0) is 17.9 Å². The van der Waals surface area contributed by atoms with Gasteiger partial charge in [-0.2, -0.15) is 16.9 Å².